The van der Waals surface area contributed by atoms with Gasteiger partial charge in [-0.05, 0) is 42.1 Å². The van der Waals surface area contributed by atoms with Crippen LogP contribution in [-0.2, 0) is 16.4 Å². The van der Waals surface area contributed by atoms with Crippen molar-refractivity contribution in [1.29, 1.82) is 0 Å². The minimum absolute atomic E-state index is 0.192. The highest BCUT2D eigenvalue weighted by atomic mass is 28.3. The molecule has 0 bridgehead atoms. The van der Waals surface area contributed by atoms with Gasteiger partial charge in [0.15, 0.2) is 9.04 Å². The van der Waals surface area contributed by atoms with Gasteiger partial charge in [-0.3, -0.25) is 0 Å². The predicted octanol–water partition coefficient (Wildman–Crippen LogP) is 3.67. The monoisotopic (exact) mass is 235 g/mol. The Labute approximate surface area is 102 Å². The first-order valence-corrected chi connectivity index (χ1v) is 8.66. The molecule has 0 heterocycles. The number of hydrogen-bond donors (Lipinski definition) is 0. The molecule has 1 radical (unpaired) electrons. The second kappa shape index (κ2) is 5.15. The van der Waals surface area contributed by atoms with Gasteiger partial charge in [-0.2, -0.15) is 0 Å². The Morgan fingerprint density at radius 3 is 2.38 bits per heavy atom. The topological polar surface area (TPSA) is 9.23 Å². The van der Waals surface area contributed by atoms with Gasteiger partial charge < -0.3 is 4.43 Å². The molecule has 0 saturated heterocycles. The molecule has 0 amide bonds. The van der Waals surface area contributed by atoms with Gasteiger partial charge in [0.1, 0.15) is 0 Å². The molecule has 0 unspecified atom stereocenters. The van der Waals surface area contributed by atoms with E-state index in [0.29, 0.717) is 6.61 Å². The van der Waals surface area contributed by atoms with Crippen molar-refractivity contribution >= 4 is 9.04 Å². The fourth-order valence-electron chi connectivity index (χ4n) is 1.48. The second-order valence-corrected chi connectivity index (χ2v) is 8.02. The Bertz CT molecular complexity index is 350. The van der Waals surface area contributed by atoms with Crippen LogP contribution in [-0.4, -0.2) is 9.04 Å². The summed E-state index contributed by atoms with van der Waals surface area (Å²) < 4.78 is 5.78. The molecule has 0 fully saturated rings. The Morgan fingerprint density at radius 1 is 1.25 bits per heavy atom. The minimum atomic E-state index is -0.946. The molecular formula is C14H23OSi. The third-order valence-corrected chi connectivity index (χ3v) is 3.48. The summed E-state index contributed by atoms with van der Waals surface area (Å²) in [5, 5.41) is 0. The summed E-state index contributed by atoms with van der Waals surface area (Å²) in [7, 11) is -0.946. The Morgan fingerprint density at radius 2 is 1.88 bits per heavy atom. The lowest BCUT2D eigenvalue weighted by molar-refractivity contribution is 0.314. The minimum Gasteiger partial charge on any atom is -0.416 e. The highest BCUT2D eigenvalue weighted by Crippen LogP contribution is 2.24. The molecule has 1 rings (SSSR count). The third kappa shape index (κ3) is 3.76. The fourth-order valence-corrected chi connectivity index (χ4v) is 2.00. The quantitative estimate of drug-likeness (QED) is 0.726. The van der Waals surface area contributed by atoms with E-state index in [1.54, 1.807) is 0 Å². The molecule has 89 valence electrons. The van der Waals surface area contributed by atoms with Crippen molar-refractivity contribution in [2.75, 3.05) is 0 Å². The molecule has 0 aliphatic heterocycles. The molecule has 1 aromatic carbocycles. The summed E-state index contributed by atoms with van der Waals surface area (Å²) in [5.41, 5.74) is 3.86. The van der Waals surface area contributed by atoms with E-state index < -0.39 is 9.04 Å². The van der Waals surface area contributed by atoms with Gasteiger partial charge in [-0.1, -0.05) is 39.0 Å². The van der Waals surface area contributed by atoms with E-state index in [2.05, 4.69) is 59.0 Å². The first-order valence-electron chi connectivity index (χ1n) is 5.87. The lowest BCUT2D eigenvalue weighted by Gasteiger charge is -2.21. The highest BCUT2D eigenvalue weighted by Gasteiger charge is 2.14. The zero-order valence-electron chi connectivity index (χ0n) is 11.1. The van der Waals surface area contributed by atoms with Crippen LogP contribution < -0.4 is 0 Å². The first-order chi connectivity index (χ1) is 7.30. The van der Waals surface area contributed by atoms with E-state index in [0.717, 1.165) is 5.56 Å². The SMILES string of the molecule is [CH2]c1ccc(C(C)(C)C)cc1CO[SiH](C)C. The van der Waals surface area contributed by atoms with Gasteiger partial charge in [0.25, 0.3) is 0 Å². The zero-order chi connectivity index (χ0) is 12.3. The fraction of sp³-hybridized carbons (Fsp3) is 0.500. The molecule has 0 atom stereocenters. The molecule has 0 N–H and O–H groups in total. The largest absolute Gasteiger partial charge is 0.416 e. The molecule has 1 nitrogen and oxygen atoms in total. The molecule has 0 spiro atoms. The summed E-state index contributed by atoms with van der Waals surface area (Å²) >= 11 is 0. The lowest BCUT2D eigenvalue weighted by atomic mass is 9.85. The molecule has 16 heavy (non-hydrogen) atoms. The van der Waals surface area contributed by atoms with Crippen molar-refractivity contribution in [3.63, 3.8) is 0 Å². The number of rotatable bonds is 3. The second-order valence-electron chi connectivity index (χ2n) is 5.59. The molecule has 2 heteroatoms. The summed E-state index contributed by atoms with van der Waals surface area (Å²) in [6, 6.07) is 6.50. The van der Waals surface area contributed by atoms with Crippen molar-refractivity contribution < 1.29 is 4.43 Å². The molecule has 0 saturated carbocycles. The van der Waals surface area contributed by atoms with E-state index in [-0.39, 0.29) is 5.41 Å². The van der Waals surface area contributed by atoms with Crippen LogP contribution >= 0.6 is 0 Å². The van der Waals surface area contributed by atoms with Crippen molar-refractivity contribution in [2.24, 2.45) is 0 Å². The van der Waals surface area contributed by atoms with E-state index >= 15 is 0 Å². The average molecular weight is 235 g/mol. The van der Waals surface area contributed by atoms with Gasteiger partial charge in [-0.25, -0.2) is 0 Å². The first kappa shape index (κ1) is 13.5. The van der Waals surface area contributed by atoms with Crippen LogP contribution in [0.4, 0.5) is 0 Å². The number of benzene rings is 1. The van der Waals surface area contributed by atoms with Gasteiger partial charge in [0.05, 0.1) is 6.61 Å². The average Bonchev–Trinajstić information content (AvgIpc) is 2.14. The predicted molar refractivity (Wildman–Crippen MR) is 73.3 cm³/mol. The number of hydrogen-bond acceptors (Lipinski definition) is 1. The molecule has 0 aliphatic rings. The standard InChI is InChI=1S/C14H23OSi/c1-11-7-8-13(14(2,3)4)9-12(11)10-15-16(5)6/h7-9,16H,1,10H2,2-6H3. The Balaban J connectivity index is 2.91. The van der Waals surface area contributed by atoms with Crippen LogP contribution in [0.1, 0.15) is 37.5 Å². The zero-order valence-corrected chi connectivity index (χ0v) is 12.3. The molecular weight excluding hydrogens is 212 g/mol. The van der Waals surface area contributed by atoms with Crippen LogP contribution in [0, 0.1) is 6.92 Å². The molecule has 1 aromatic rings. The summed E-state index contributed by atoms with van der Waals surface area (Å²) in [6.07, 6.45) is 0. The normalized spacial score (nSPS) is 12.2. The third-order valence-electron chi connectivity index (χ3n) is 2.64. The summed E-state index contributed by atoms with van der Waals surface area (Å²) in [6.45, 7) is 15.8. The lowest BCUT2D eigenvalue weighted by Crippen LogP contribution is -2.13. The van der Waals surface area contributed by atoms with E-state index in [9.17, 15) is 0 Å². The Kier molecular flexibility index (Phi) is 4.33. The van der Waals surface area contributed by atoms with Crippen LogP contribution in [0.25, 0.3) is 0 Å². The smallest absolute Gasteiger partial charge is 0.171 e. The van der Waals surface area contributed by atoms with Crippen LogP contribution in [0.3, 0.4) is 0 Å². The Hall–Kier alpha value is -0.603. The molecule has 0 aromatic heterocycles. The van der Waals surface area contributed by atoms with Crippen molar-refractivity contribution in [3.05, 3.63) is 41.8 Å². The van der Waals surface area contributed by atoms with Gasteiger partial charge in [0.2, 0.25) is 0 Å². The van der Waals surface area contributed by atoms with Crippen LogP contribution in [0.15, 0.2) is 18.2 Å². The van der Waals surface area contributed by atoms with Crippen molar-refractivity contribution in [1.82, 2.24) is 0 Å². The van der Waals surface area contributed by atoms with Crippen LogP contribution in [0.5, 0.6) is 0 Å². The maximum absolute atomic E-state index is 5.78. The van der Waals surface area contributed by atoms with E-state index in [4.69, 9.17) is 4.43 Å². The summed E-state index contributed by atoms with van der Waals surface area (Å²) in [4.78, 5) is 0. The maximum Gasteiger partial charge on any atom is 0.171 e. The van der Waals surface area contributed by atoms with Crippen molar-refractivity contribution in [3.8, 4) is 0 Å². The van der Waals surface area contributed by atoms with Gasteiger partial charge >= 0.3 is 0 Å². The van der Waals surface area contributed by atoms with Gasteiger partial charge in [-0.15, -0.1) is 0 Å². The highest BCUT2D eigenvalue weighted by molar-refractivity contribution is 6.48. The maximum atomic E-state index is 5.78. The van der Waals surface area contributed by atoms with Gasteiger partial charge in [0, 0.05) is 0 Å². The van der Waals surface area contributed by atoms with Crippen molar-refractivity contribution in [2.45, 2.75) is 45.9 Å². The van der Waals surface area contributed by atoms with Crippen LogP contribution in [0.2, 0.25) is 13.1 Å². The van der Waals surface area contributed by atoms with E-state index in [1.807, 2.05) is 0 Å². The summed E-state index contributed by atoms with van der Waals surface area (Å²) in [5.74, 6) is 0. The molecule has 0 aliphatic carbocycles. The van der Waals surface area contributed by atoms with E-state index in [1.165, 1.54) is 11.1 Å².